The van der Waals surface area contributed by atoms with Crippen LogP contribution in [0.2, 0.25) is 0 Å². The van der Waals surface area contributed by atoms with Gasteiger partial charge >= 0.3 is 5.97 Å². The summed E-state index contributed by atoms with van der Waals surface area (Å²) in [5, 5.41) is 24.3. The highest BCUT2D eigenvalue weighted by atomic mass is 19.1. The van der Waals surface area contributed by atoms with Crippen LogP contribution in [0, 0.1) is 56.7 Å². The minimum atomic E-state index is -1.25. The number of allylic oxidation sites excluding steroid dienone is 5. The van der Waals surface area contributed by atoms with E-state index in [0.29, 0.717) is 48.9 Å². The standard InChI is InChI=1S/C43H68FNO3/c1-28(2)30-15-23-43(45-26-10-18-37(3,4)48)25-24-40(8)32(35(30)43)11-12-34-39(7)19-16-31(38(5,6)33(39)17-20-41(34,40)9)29-13-21-42(27-44,22-14-29)36(46)47/h13,16,30,32-35,45,48H,1,10-12,14-15,17-27H2,2-9H3,(H,46,47)/t30?,32-,33+,34-,35-,39+,40-,41-,42+,43+/m1/s1. The maximum atomic E-state index is 13.9. The number of carbonyl (C=O) groups is 1. The molecule has 1 unspecified atom stereocenters. The first-order chi connectivity index (χ1) is 22.3. The third-order valence-corrected chi connectivity index (χ3v) is 16.8. The molecule has 4 fully saturated rings. The van der Waals surface area contributed by atoms with E-state index in [9.17, 15) is 19.4 Å². The van der Waals surface area contributed by atoms with Crippen molar-refractivity contribution >= 4 is 5.97 Å². The van der Waals surface area contributed by atoms with Crippen LogP contribution in [0.1, 0.15) is 145 Å². The van der Waals surface area contributed by atoms with Crippen molar-refractivity contribution < 1.29 is 19.4 Å². The molecule has 6 aliphatic carbocycles. The maximum absolute atomic E-state index is 13.9. The van der Waals surface area contributed by atoms with Gasteiger partial charge in [-0.2, -0.15) is 0 Å². The van der Waals surface area contributed by atoms with Gasteiger partial charge < -0.3 is 15.5 Å². The number of alkyl halides is 1. The molecule has 6 aliphatic rings. The summed E-state index contributed by atoms with van der Waals surface area (Å²) in [4.78, 5) is 12.0. The largest absolute Gasteiger partial charge is 0.481 e. The molecule has 0 aromatic carbocycles. The average Bonchev–Trinajstić information content (AvgIpc) is 3.39. The van der Waals surface area contributed by atoms with Crippen LogP contribution >= 0.6 is 0 Å². The summed E-state index contributed by atoms with van der Waals surface area (Å²) >= 11 is 0. The summed E-state index contributed by atoms with van der Waals surface area (Å²) < 4.78 is 13.9. The molecule has 0 aliphatic heterocycles. The van der Waals surface area contributed by atoms with E-state index < -0.39 is 23.7 Å². The van der Waals surface area contributed by atoms with Gasteiger partial charge in [0, 0.05) is 5.54 Å². The molecule has 0 radical (unpaired) electrons. The van der Waals surface area contributed by atoms with Crippen LogP contribution in [0.5, 0.6) is 0 Å². The second kappa shape index (κ2) is 12.1. The van der Waals surface area contributed by atoms with Crippen LogP contribution in [0.3, 0.4) is 0 Å². The van der Waals surface area contributed by atoms with Crippen LogP contribution in [0.15, 0.2) is 35.5 Å². The minimum Gasteiger partial charge on any atom is -0.481 e. The lowest BCUT2D eigenvalue weighted by molar-refractivity contribution is -0.221. The van der Waals surface area contributed by atoms with Gasteiger partial charge in [-0.3, -0.25) is 4.79 Å². The zero-order chi connectivity index (χ0) is 35.1. The Morgan fingerprint density at radius 3 is 2.29 bits per heavy atom. The van der Waals surface area contributed by atoms with Crippen molar-refractivity contribution in [2.24, 2.45) is 56.7 Å². The molecule has 0 amide bonds. The summed E-state index contributed by atoms with van der Waals surface area (Å²) in [6.45, 7) is 23.9. The monoisotopic (exact) mass is 666 g/mol. The predicted octanol–water partition coefficient (Wildman–Crippen LogP) is 10.2. The van der Waals surface area contributed by atoms with Crippen molar-refractivity contribution in [2.75, 3.05) is 13.2 Å². The molecule has 48 heavy (non-hydrogen) atoms. The Labute approximate surface area is 291 Å². The van der Waals surface area contributed by atoms with E-state index in [-0.39, 0.29) is 27.2 Å². The van der Waals surface area contributed by atoms with E-state index in [0.717, 1.165) is 25.8 Å². The lowest BCUT2D eigenvalue weighted by Crippen LogP contribution is -2.68. The zero-order valence-electron chi connectivity index (χ0n) is 31.7. The average molecular weight is 666 g/mol. The first-order valence-corrected chi connectivity index (χ1v) is 19.6. The number of fused-ring (bicyclic) bond motifs is 7. The minimum absolute atomic E-state index is 0.00211. The van der Waals surface area contributed by atoms with Crippen LogP contribution in [-0.4, -0.2) is 40.5 Å². The van der Waals surface area contributed by atoms with Crippen molar-refractivity contribution in [3.8, 4) is 0 Å². The Kier molecular flexibility index (Phi) is 9.13. The van der Waals surface area contributed by atoms with Gasteiger partial charge in [0.25, 0.3) is 0 Å². The second-order valence-corrected chi connectivity index (χ2v) is 19.9. The topological polar surface area (TPSA) is 69.6 Å². The van der Waals surface area contributed by atoms with Gasteiger partial charge in [-0.05, 0) is 180 Å². The van der Waals surface area contributed by atoms with Crippen molar-refractivity contribution in [1.82, 2.24) is 5.32 Å². The van der Waals surface area contributed by atoms with Gasteiger partial charge in [-0.15, -0.1) is 0 Å². The van der Waals surface area contributed by atoms with E-state index in [2.05, 4.69) is 65.6 Å². The fourth-order valence-corrected chi connectivity index (χ4v) is 14.0. The summed E-state index contributed by atoms with van der Waals surface area (Å²) in [5.74, 6) is 2.17. The fourth-order valence-electron chi connectivity index (χ4n) is 14.0. The normalized spacial score (nSPS) is 45.2. The smallest absolute Gasteiger partial charge is 0.312 e. The van der Waals surface area contributed by atoms with E-state index in [1.54, 1.807) is 0 Å². The highest BCUT2D eigenvalue weighted by molar-refractivity contribution is 5.75. The maximum Gasteiger partial charge on any atom is 0.312 e. The van der Waals surface area contributed by atoms with E-state index in [1.165, 1.54) is 68.1 Å². The van der Waals surface area contributed by atoms with Gasteiger partial charge in [0.1, 0.15) is 6.67 Å². The number of carboxylic acids is 1. The van der Waals surface area contributed by atoms with Crippen molar-refractivity contribution in [1.29, 1.82) is 0 Å². The molecule has 0 aromatic rings. The summed E-state index contributed by atoms with van der Waals surface area (Å²) in [7, 11) is 0. The van der Waals surface area contributed by atoms with Crippen molar-refractivity contribution in [2.45, 2.75) is 156 Å². The molecule has 3 N–H and O–H groups in total. The van der Waals surface area contributed by atoms with Gasteiger partial charge in [0.15, 0.2) is 0 Å². The molecular formula is C43H68FNO3. The van der Waals surface area contributed by atoms with Crippen molar-refractivity contribution in [3.63, 3.8) is 0 Å². The third kappa shape index (κ3) is 5.36. The van der Waals surface area contributed by atoms with Gasteiger partial charge in [0.05, 0.1) is 11.0 Å². The van der Waals surface area contributed by atoms with E-state index in [1.807, 2.05) is 13.8 Å². The molecule has 5 heteroatoms. The first kappa shape index (κ1) is 36.3. The van der Waals surface area contributed by atoms with E-state index in [4.69, 9.17) is 0 Å². The van der Waals surface area contributed by atoms with Crippen LogP contribution in [-0.2, 0) is 4.79 Å². The molecule has 270 valence electrons. The molecule has 0 spiro atoms. The first-order valence-electron chi connectivity index (χ1n) is 19.6. The quantitative estimate of drug-likeness (QED) is 0.169. The van der Waals surface area contributed by atoms with Crippen LogP contribution in [0.25, 0.3) is 0 Å². The zero-order valence-corrected chi connectivity index (χ0v) is 31.7. The van der Waals surface area contributed by atoms with Gasteiger partial charge in [0.2, 0.25) is 0 Å². The fraction of sp³-hybridized carbons (Fsp3) is 0.837. The Hall–Kier alpha value is -1.46. The molecule has 6 rings (SSSR count). The number of aliphatic carboxylic acids is 1. The van der Waals surface area contributed by atoms with Gasteiger partial charge in [-0.1, -0.05) is 58.9 Å². The number of hydrogen-bond acceptors (Lipinski definition) is 3. The Morgan fingerprint density at radius 1 is 0.958 bits per heavy atom. The summed E-state index contributed by atoms with van der Waals surface area (Å²) in [6.07, 6.45) is 19.1. The Bertz CT molecular complexity index is 1360. The highest BCUT2D eigenvalue weighted by Crippen LogP contribution is 2.76. The molecular weight excluding hydrogens is 597 g/mol. The summed E-state index contributed by atoms with van der Waals surface area (Å²) in [6, 6.07) is 0. The van der Waals surface area contributed by atoms with Crippen LogP contribution < -0.4 is 5.32 Å². The molecule has 0 saturated heterocycles. The number of nitrogens with one attached hydrogen (secondary N) is 1. The molecule has 0 aromatic heterocycles. The number of halogens is 1. The molecule has 4 saturated carbocycles. The van der Waals surface area contributed by atoms with Gasteiger partial charge in [-0.25, -0.2) is 4.39 Å². The Balaban J connectivity index is 1.28. The van der Waals surface area contributed by atoms with Crippen molar-refractivity contribution in [3.05, 3.63) is 35.5 Å². The summed E-state index contributed by atoms with van der Waals surface area (Å²) in [5.41, 5.74) is 3.20. The highest BCUT2D eigenvalue weighted by Gasteiger charge is 2.70. The SMILES string of the molecule is C=C(C)C1CC[C@]2(NCCCC(C)(C)O)CC[C@]3(C)[C@H](CC[C@@H]4[C@@]5(C)CC=C(C6=CC[C@](CF)(C(=O)O)CC6)C(C)(C)[C@@H]5CC[C@]43C)[C@@H]12. The molecule has 10 atom stereocenters. The van der Waals surface area contributed by atoms with E-state index >= 15 is 0 Å². The molecule has 0 heterocycles. The number of carboxylic acid groups (broad SMARTS) is 1. The Morgan fingerprint density at radius 2 is 1.69 bits per heavy atom. The molecule has 0 bridgehead atoms. The molecule has 4 nitrogen and oxygen atoms in total. The van der Waals surface area contributed by atoms with Crippen LogP contribution in [0.4, 0.5) is 4.39 Å². The lowest BCUT2D eigenvalue weighted by Gasteiger charge is -2.72. The lowest BCUT2D eigenvalue weighted by atomic mass is 9.33. The predicted molar refractivity (Wildman–Crippen MR) is 194 cm³/mol. The second-order valence-electron chi connectivity index (χ2n) is 19.9. The number of aliphatic hydroxyl groups is 1. The number of hydrogen-bond donors (Lipinski definition) is 3. The number of rotatable bonds is 9. The third-order valence-electron chi connectivity index (χ3n) is 16.8.